The first-order valence-electron chi connectivity index (χ1n) is 6.66. The van der Waals surface area contributed by atoms with Gasteiger partial charge in [0, 0.05) is 23.2 Å². The summed E-state index contributed by atoms with van der Waals surface area (Å²) in [5.41, 5.74) is -1.27. The minimum Gasteiger partial charge on any atom is -0.618 e. The summed E-state index contributed by atoms with van der Waals surface area (Å²) < 4.78 is 1.83. The van der Waals surface area contributed by atoms with Crippen LogP contribution in [0.4, 0.5) is 17.1 Å². The van der Waals surface area contributed by atoms with Crippen molar-refractivity contribution in [2.75, 3.05) is 0 Å². The number of fused-ring (bicyclic) bond motifs is 1. The van der Waals surface area contributed by atoms with E-state index in [1.807, 2.05) is 6.92 Å². The smallest absolute Gasteiger partial charge is 0.348 e. The highest BCUT2D eigenvalue weighted by atomic mass is 35.5. The van der Waals surface area contributed by atoms with E-state index in [1.165, 1.54) is 11.3 Å². The van der Waals surface area contributed by atoms with E-state index >= 15 is 0 Å². The third-order valence-electron chi connectivity index (χ3n) is 3.28. The van der Waals surface area contributed by atoms with Crippen LogP contribution in [0.3, 0.4) is 0 Å². The second kappa shape index (κ2) is 6.11. The lowest BCUT2D eigenvalue weighted by Gasteiger charge is -2.03. The van der Waals surface area contributed by atoms with Gasteiger partial charge in [0.1, 0.15) is 6.07 Å². The summed E-state index contributed by atoms with van der Waals surface area (Å²) in [6.45, 7) is 1.85. The van der Waals surface area contributed by atoms with Gasteiger partial charge in [0.15, 0.2) is 15.8 Å². The van der Waals surface area contributed by atoms with Gasteiger partial charge in [-0.3, -0.25) is 24.6 Å². The van der Waals surface area contributed by atoms with Crippen molar-refractivity contribution in [2.24, 2.45) is 0 Å². The Morgan fingerprint density at radius 2 is 1.92 bits per heavy atom. The van der Waals surface area contributed by atoms with Crippen LogP contribution in [0, 0.1) is 32.4 Å². The average molecular weight is 382 g/mol. The highest BCUT2D eigenvalue weighted by molar-refractivity contribution is 7.17. The molecule has 0 radical (unpaired) electrons. The van der Waals surface area contributed by atoms with Gasteiger partial charge in [0.05, 0.1) is 9.85 Å². The van der Waals surface area contributed by atoms with Gasteiger partial charge < -0.3 is 5.21 Å². The van der Waals surface area contributed by atoms with E-state index in [-0.39, 0.29) is 21.3 Å². The second-order valence-electron chi connectivity index (χ2n) is 4.92. The molecule has 128 valence electrons. The molecule has 0 aliphatic heterocycles. The topological polar surface area (TPSA) is 130 Å². The summed E-state index contributed by atoms with van der Waals surface area (Å²) in [7, 11) is 0. The molecule has 10 nitrogen and oxygen atoms in total. The highest BCUT2D eigenvalue weighted by Gasteiger charge is 2.26. The molecule has 3 aromatic rings. The predicted molar refractivity (Wildman–Crippen MR) is 91.0 cm³/mol. The number of rotatable bonds is 4. The molecule has 2 heterocycles. The van der Waals surface area contributed by atoms with Crippen molar-refractivity contribution in [3.05, 3.63) is 65.6 Å². The van der Waals surface area contributed by atoms with Crippen molar-refractivity contribution in [1.82, 2.24) is 9.38 Å². The first-order chi connectivity index (χ1) is 11.8. The van der Waals surface area contributed by atoms with Crippen molar-refractivity contribution in [3.63, 3.8) is 0 Å². The van der Waals surface area contributed by atoms with Crippen LogP contribution in [0.15, 0.2) is 24.4 Å². The number of imidazole rings is 1. The highest BCUT2D eigenvalue weighted by Crippen LogP contribution is 2.31. The number of halogens is 1. The zero-order valence-corrected chi connectivity index (χ0v) is 14.0. The fraction of sp³-hybridized carbons (Fsp3) is 0.0769. The molecule has 2 aromatic heterocycles. The molecule has 3 rings (SSSR count). The molecule has 0 aliphatic carbocycles. The number of nitro benzene ring substituents is 2. The molecule has 0 spiro atoms. The van der Waals surface area contributed by atoms with E-state index in [9.17, 15) is 25.4 Å². The van der Waals surface area contributed by atoms with Gasteiger partial charge in [0.25, 0.3) is 11.4 Å². The van der Waals surface area contributed by atoms with Crippen LogP contribution in [0.25, 0.3) is 4.96 Å². The molecule has 12 heteroatoms. The van der Waals surface area contributed by atoms with Crippen molar-refractivity contribution < 1.29 is 14.6 Å². The number of aryl methyl sites for hydroxylation is 1. The first-order valence-corrected chi connectivity index (χ1v) is 7.85. The number of benzene rings is 1. The van der Waals surface area contributed by atoms with Crippen LogP contribution in [-0.4, -0.2) is 30.2 Å². The van der Waals surface area contributed by atoms with Gasteiger partial charge in [-0.15, -0.1) is 11.3 Å². The molecule has 0 N–H and O–H groups in total. The fourth-order valence-corrected chi connectivity index (χ4v) is 3.30. The molecule has 0 bridgehead atoms. The number of non-ortho nitro benzene ring substituents is 1. The van der Waals surface area contributed by atoms with E-state index in [4.69, 9.17) is 11.6 Å². The lowest BCUT2D eigenvalue weighted by Crippen LogP contribution is -2.05. The molecule has 0 unspecified atom stereocenters. The second-order valence-corrected chi connectivity index (χ2v) is 6.50. The van der Waals surface area contributed by atoms with Crippen LogP contribution >= 0.6 is 22.9 Å². The minimum absolute atomic E-state index is 0.0664. The number of nitrogens with zero attached hydrogens (tertiary/aromatic N) is 5. The molecule has 0 saturated heterocycles. The Morgan fingerprint density at radius 1 is 1.20 bits per heavy atom. The third kappa shape index (κ3) is 3.02. The van der Waals surface area contributed by atoms with Crippen LogP contribution in [0.2, 0.25) is 5.15 Å². The normalized spacial score (nSPS) is 11.8. The molecule has 0 saturated carbocycles. The zero-order valence-electron chi connectivity index (χ0n) is 12.5. The lowest BCUT2D eigenvalue weighted by atomic mass is 10.2. The van der Waals surface area contributed by atoms with E-state index < -0.39 is 21.2 Å². The quantitative estimate of drug-likeness (QED) is 0.224. The molecule has 0 amide bonds. The molecule has 0 atom stereocenters. The van der Waals surface area contributed by atoms with E-state index in [0.29, 0.717) is 4.96 Å². The number of nitro groups is 2. The van der Waals surface area contributed by atoms with Gasteiger partial charge in [-0.05, 0) is 6.92 Å². The van der Waals surface area contributed by atoms with Crippen LogP contribution in [-0.2, 0) is 0 Å². The van der Waals surface area contributed by atoms with Gasteiger partial charge in [-0.1, -0.05) is 11.6 Å². The van der Waals surface area contributed by atoms with Gasteiger partial charge in [-0.2, -0.15) is 4.74 Å². The summed E-state index contributed by atoms with van der Waals surface area (Å²) in [5, 5.41) is 34.4. The number of hydrogen-bond acceptors (Lipinski definition) is 7. The van der Waals surface area contributed by atoms with Crippen LogP contribution in [0.1, 0.15) is 10.6 Å². The maximum absolute atomic E-state index is 12.4. The third-order valence-corrected chi connectivity index (χ3v) is 4.45. The Morgan fingerprint density at radius 3 is 2.56 bits per heavy atom. The summed E-state index contributed by atoms with van der Waals surface area (Å²) in [4.78, 5) is 25.9. The molecule has 0 fully saturated rings. The van der Waals surface area contributed by atoms with Crippen LogP contribution < -0.4 is 0 Å². The summed E-state index contributed by atoms with van der Waals surface area (Å²) in [6.07, 6.45) is 2.77. The number of hydrogen-bond donors (Lipinski definition) is 0. The largest absolute Gasteiger partial charge is 0.618 e. The maximum atomic E-state index is 12.4. The standard InChI is InChI=1S/C13H8ClN5O5S/c1-7-5-16-11(12(14)15-13(16)25-7)6-17(20)9-3-2-8(18(21)22)4-10(9)19(23)24/h2-6H,1H3/b17-6+. The summed E-state index contributed by atoms with van der Waals surface area (Å²) >= 11 is 7.38. The Balaban J connectivity index is 2.15. The van der Waals surface area contributed by atoms with Crippen molar-refractivity contribution in [3.8, 4) is 0 Å². The number of aromatic nitrogens is 2. The fourth-order valence-electron chi connectivity index (χ4n) is 2.20. The van der Waals surface area contributed by atoms with Crippen LogP contribution in [0.5, 0.6) is 0 Å². The van der Waals surface area contributed by atoms with Crippen molar-refractivity contribution in [2.45, 2.75) is 6.92 Å². The molecule has 0 aliphatic rings. The van der Waals surface area contributed by atoms with E-state index in [2.05, 4.69) is 4.98 Å². The van der Waals surface area contributed by atoms with E-state index in [1.54, 1.807) is 10.6 Å². The SMILES string of the molecule is Cc1cn2c(/C=[N+](/[O-])c3ccc([N+](=O)[O-])cc3[N+](=O)[O-])c(Cl)nc2s1. The van der Waals surface area contributed by atoms with Crippen molar-refractivity contribution >= 4 is 51.2 Å². The van der Waals surface area contributed by atoms with E-state index in [0.717, 1.165) is 29.3 Å². The minimum atomic E-state index is -0.858. The number of thiazole rings is 1. The predicted octanol–water partition coefficient (Wildman–Crippen LogP) is 3.43. The average Bonchev–Trinajstić information content (AvgIpc) is 3.03. The molecular weight excluding hydrogens is 374 g/mol. The molecule has 25 heavy (non-hydrogen) atoms. The Kier molecular flexibility index (Phi) is 4.10. The molecule has 1 aromatic carbocycles. The molecular formula is C13H8ClN5O5S. The van der Waals surface area contributed by atoms with Crippen molar-refractivity contribution in [1.29, 1.82) is 0 Å². The monoisotopic (exact) mass is 381 g/mol. The Labute approximate surface area is 148 Å². The van der Waals surface area contributed by atoms with Gasteiger partial charge >= 0.3 is 5.69 Å². The van der Waals surface area contributed by atoms with Gasteiger partial charge in [0.2, 0.25) is 6.21 Å². The Bertz CT molecular complexity index is 1060. The zero-order chi connectivity index (χ0) is 18.3. The summed E-state index contributed by atoms with van der Waals surface area (Å²) in [5.74, 6) is 0. The Hall–Kier alpha value is -3.05. The lowest BCUT2D eigenvalue weighted by molar-refractivity contribution is -0.413. The first kappa shape index (κ1) is 16.8. The van der Waals surface area contributed by atoms with Gasteiger partial charge in [-0.25, -0.2) is 4.98 Å². The summed E-state index contributed by atoms with van der Waals surface area (Å²) in [6, 6.07) is 2.77. The maximum Gasteiger partial charge on any atom is 0.348 e.